The second-order valence-electron chi connectivity index (χ2n) is 4.34. The zero-order valence-electron chi connectivity index (χ0n) is 11.3. The summed E-state index contributed by atoms with van der Waals surface area (Å²) in [5, 5.41) is 7.68. The SMILES string of the molecule is CCNC(C)c1ccc(-n2nc(C)nc2C)cn1. The molecule has 1 N–H and O–H groups in total. The number of hydrogen-bond donors (Lipinski definition) is 1. The van der Waals surface area contributed by atoms with E-state index in [1.165, 1.54) is 0 Å². The fourth-order valence-electron chi connectivity index (χ4n) is 1.96. The Morgan fingerprint density at radius 2 is 2.11 bits per heavy atom. The van der Waals surface area contributed by atoms with E-state index in [1.807, 2.05) is 36.9 Å². The maximum Gasteiger partial charge on any atom is 0.148 e. The fraction of sp³-hybridized carbons (Fsp3) is 0.462. The number of nitrogens with one attached hydrogen (secondary N) is 1. The molecular weight excluding hydrogens is 226 g/mol. The molecular formula is C13H19N5. The van der Waals surface area contributed by atoms with Crippen LogP contribution in [0.25, 0.3) is 5.69 Å². The van der Waals surface area contributed by atoms with Crippen LogP contribution in [0.3, 0.4) is 0 Å². The summed E-state index contributed by atoms with van der Waals surface area (Å²) in [6, 6.07) is 4.32. The lowest BCUT2D eigenvalue weighted by molar-refractivity contribution is 0.583. The highest BCUT2D eigenvalue weighted by atomic mass is 15.3. The van der Waals surface area contributed by atoms with Crippen LogP contribution in [0.4, 0.5) is 0 Å². The summed E-state index contributed by atoms with van der Waals surface area (Å²) in [5.41, 5.74) is 1.98. The molecule has 0 bridgehead atoms. The number of hydrogen-bond acceptors (Lipinski definition) is 4. The second kappa shape index (κ2) is 5.27. The molecule has 1 atom stereocenters. The van der Waals surface area contributed by atoms with Crippen LogP contribution in [-0.2, 0) is 0 Å². The maximum absolute atomic E-state index is 4.47. The molecule has 96 valence electrons. The van der Waals surface area contributed by atoms with Gasteiger partial charge >= 0.3 is 0 Å². The molecule has 0 spiro atoms. The maximum atomic E-state index is 4.47. The molecule has 18 heavy (non-hydrogen) atoms. The van der Waals surface area contributed by atoms with Gasteiger partial charge in [-0.1, -0.05) is 6.92 Å². The molecule has 0 fully saturated rings. The Kier molecular flexibility index (Phi) is 3.72. The molecule has 2 heterocycles. The topological polar surface area (TPSA) is 55.6 Å². The Hall–Kier alpha value is -1.75. The molecule has 5 nitrogen and oxygen atoms in total. The van der Waals surface area contributed by atoms with Gasteiger partial charge in [-0.15, -0.1) is 0 Å². The van der Waals surface area contributed by atoms with Gasteiger partial charge in [-0.3, -0.25) is 4.98 Å². The number of pyridine rings is 1. The van der Waals surface area contributed by atoms with Crippen molar-refractivity contribution in [3.63, 3.8) is 0 Å². The third-order valence-electron chi connectivity index (χ3n) is 2.84. The van der Waals surface area contributed by atoms with Crippen LogP contribution in [0.5, 0.6) is 0 Å². The molecule has 2 aromatic rings. The van der Waals surface area contributed by atoms with Crippen molar-refractivity contribution in [1.82, 2.24) is 25.1 Å². The van der Waals surface area contributed by atoms with Gasteiger partial charge in [-0.05, 0) is 39.4 Å². The summed E-state index contributed by atoms with van der Waals surface area (Å²) in [5.74, 6) is 1.65. The monoisotopic (exact) mass is 245 g/mol. The lowest BCUT2D eigenvalue weighted by Crippen LogP contribution is -2.18. The van der Waals surface area contributed by atoms with E-state index < -0.39 is 0 Å². The van der Waals surface area contributed by atoms with E-state index in [0.29, 0.717) is 0 Å². The Morgan fingerprint density at radius 3 is 2.61 bits per heavy atom. The first kappa shape index (κ1) is 12.7. The van der Waals surface area contributed by atoms with Crippen molar-refractivity contribution in [2.75, 3.05) is 6.54 Å². The van der Waals surface area contributed by atoms with Crippen LogP contribution in [0.15, 0.2) is 18.3 Å². The van der Waals surface area contributed by atoms with Crippen LogP contribution in [0, 0.1) is 13.8 Å². The van der Waals surface area contributed by atoms with Crippen LogP contribution in [-0.4, -0.2) is 26.3 Å². The lowest BCUT2D eigenvalue weighted by atomic mass is 10.2. The van der Waals surface area contributed by atoms with Gasteiger partial charge in [0.15, 0.2) is 0 Å². The van der Waals surface area contributed by atoms with Gasteiger partial charge < -0.3 is 5.32 Å². The van der Waals surface area contributed by atoms with E-state index in [4.69, 9.17) is 0 Å². The van der Waals surface area contributed by atoms with E-state index in [-0.39, 0.29) is 6.04 Å². The third kappa shape index (κ3) is 2.56. The van der Waals surface area contributed by atoms with Crippen molar-refractivity contribution in [2.45, 2.75) is 33.7 Å². The highest BCUT2D eigenvalue weighted by molar-refractivity contribution is 5.30. The Bertz CT molecular complexity index is 515. The Morgan fingerprint density at radius 1 is 1.33 bits per heavy atom. The first-order chi connectivity index (χ1) is 8.61. The summed E-state index contributed by atoms with van der Waals surface area (Å²) in [6.45, 7) is 8.96. The Labute approximate surface area is 107 Å². The molecule has 1 unspecified atom stereocenters. The molecule has 0 aliphatic carbocycles. The average Bonchev–Trinajstić information content (AvgIpc) is 2.69. The quantitative estimate of drug-likeness (QED) is 0.894. The normalized spacial score (nSPS) is 12.7. The molecule has 2 aromatic heterocycles. The van der Waals surface area contributed by atoms with Crippen LogP contribution in [0.2, 0.25) is 0 Å². The van der Waals surface area contributed by atoms with Gasteiger partial charge in [0.2, 0.25) is 0 Å². The standard InChI is InChI=1S/C13H19N5/c1-5-14-9(2)13-7-6-12(8-15-13)18-11(4)16-10(3)17-18/h6-9,14H,5H2,1-4H3. The summed E-state index contributed by atoms with van der Waals surface area (Å²) >= 11 is 0. The average molecular weight is 245 g/mol. The second-order valence-corrected chi connectivity index (χ2v) is 4.34. The molecule has 0 saturated heterocycles. The molecule has 2 rings (SSSR count). The van der Waals surface area contributed by atoms with Crippen LogP contribution < -0.4 is 5.32 Å². The molecule has 0 aliphatic heterocycles. The van der Waals surface area contributed by atoms with E-state index in [0.717, 1.165) is 29.6 Å². The highest BCUT2D eigenvalue weighted by Crippen LogP contribution is 2.13. The van der Waals surface area contributed by atoms with Crippen LogP contribution in [0.1, 0.15) is 37.2 Å². The van der Waals surface area contributed by atoms with Gasteiger partial charge in [0.1, 0.15) is 11.6 Å². The van der Waals surface area contributed by atoms with Gasteiger partial charge in [0.05, 0.1) is 17.6 Å². The highest BCUT2D eigenvalue weighted by Gasteiger charge is 2.08. The van der Waals surface area contributed by atoms with E-state index in [9.17, 15) is 0 Å². The predicted octanol–water partition coefficient (Wildman–Crippen LogP) is 1.95. The largest absolute Gasteiger partial charge is 0.309 e. The summed E-state index contributed by atoms with van der Waals surface area (Å²) in [7, 11) is 0. The zero-order valence-corrected chi connectivity index (χ0v) is 11.3. The molecule has 0 radical (unpaired) electrons. The van der Waals surface area contributed by atoms with Crippen molar-refractivity contribution in [2.24, 2.45) is 0 Å². The minimum absolute atomic E-state index is 0.266. The molecule has 0 aliphatic rings. The minimum Gasteiger partial charge on any atom is -0.309 e. The van der Waals surface area contributed by atoms with Crippen LogP contribution >= 0.6 is 0 Å². The number of aryl methyl sites for hydroxylation is 2. The van der Waals surface area contributed by atoms with Gasteiger partial charge in [-0.2, -0.15) is 5.10 Å². The Balaban J connectivity index is 2.25. The first-order valence-electron chi connectivity index (χ1n) is 6.21. The van der Waals surface area contributed by atoms with E-state index in [1.54, 1.807) is 0 Å². The van der Waals surface area contributed by atoms with Crippen molar-refractivity contribution >= 4 is 0 Å². The fourth-order valence-corrected chi connectivity index (χ4v) is 1.96. The summed E-state index contributed by atoms with van der Waals surface area (Å²) in [6.07, 6.45) is 1.84. The predicted molar refractivity (Wildman–Crippen MR) is 70.7 cm³/mol. The smallest absolute Gasteiger partial charge is 0.148 e. The molecule has 5 heteroatoms. The molecule has 0 amide bonds. The van der Waals surface area contributed by atoms with Gasteiger partial charge in [0, 0.05) is 6.04 Å². The lowest BCUT2D eigenvalue weighted by Gasteiger charge is -2.12. The van der Waals surface area contributed by atoms with Crippen molar-refractivity contribution in [1.29, 1.82) is 0 Å². The van der Waals surface area contributed by atoms with Crippen molar-refractivity contribution in [3.05, 3.63) is 35.7 Å². The first-order valence-corrected chi connectivity index (χ1v) is 6.21. The summed E-state index contributed by atoms with van der Waals surface area (Å²) in [4.78, 5) is 8.76. The zero-order chi connectivity index (χ0) is 13.1. The van der Waals surface area contributed by atoms with E-state index >= 15 is 0 Å². The van der Waals surface area contributed by atoms with E-state index in [2.05, 4.69) is 34.2 Å². The third-order valence-corrected chi connectivity index (χ3v) is 2.84. The molecule has 0 aromatic carbocycles. The number of rotatable bonds is 4. The van der Waals surface area contributed by atoms with Gasteiger partial charge in [-0.25, -0.2) is 9.67 Å². The van der Waals surface area contributed by atoms with Crippen molar-refractivity contribution < 1.29 is 0 Å². The number of nitrogens with zero attached hydrogens (tertiary/aromatic N) is 4. The van der Waals surface area contributed by atoms with Gasteiger partial charge in [0.25, 0.3) is 0 Å². The molecule has 0 saturated carbocycles. The minimum atomic E-state index is 0.266. The number of aromatic nitrogens is 4. The van der Waals surface area contributed by atoms with Crippen molar-refractivity contribution in [3.8, 4) is 5.69 Å². The summed E-state index contributed by atoms with van der Waals surface area (Å²) < 4.78 is 1.81.